The van der Waals surface area contributed by atoms with Crippen molar-refractivity contribution in [2.45, 2.75) is 63.5 Å². The number of anilines is 2. The van der Waals surface area contributed by atoms with E-state index in [0.29, 0.717) is 37.4 Å². The SMILES string of the molecule is NC1CCC(NC(=O)c2ccc(N3CCN(C(=O)C4CCC4)CC3)c(NC(=O)Cc3ccccc3)c2)CC1. The monoisotopic (exact) mass is 517 g/mol. The molecule has 0 radical (unpaired) electrons. The number of carbonyl (C=O) groups is 3. The lowest BCUT2D eigenvalue weighted by molar-refractivity contribution is -0.138. The van der Waals surface area contributed by atoms with Gasteiger partial charge in [0, 0.05) is 49.7 Å². The van der Waals surface area contributed by atoms with Gasteiger partial charge in [0.25, 0.3) is 5.91 Å². The summed E-state index contributed by atoms with van der Waals surface area (Å²) in [5.74, 6) is 0.219. The summed E-state index contributed by atoms with van der Waals surface area (Å²) in [5.41, 5.74) is 8.98. The van der Waals surface area contributed by atoms with Crippen molar-refractivity contribution < 1.29 is 14.4 Å². The van der Waals surface area contributed by atoms with E-state index in [9.17, 15) is 14.4 Å². The second-order valence-electron chi connectivity index (χ2n) is 11.0. The van der Waals surface area contributed by atoms with Crippen LogP contribution in [0, 0.1) is 5.92 Å². The van der Waals surface area contributed by atoms with Crippen molar-refractivity contribution in [3.05, 3.63) is 59.7 Å². The van der Waals surface area contributed by atoms with Crippen molar-refractivity contribution in [3.8, 4) is 0 Å². The predicted octanol–water partition coefficient (Wildman–Crippen LogP) is 3.32. The van der Waals surface area contributed by atoms with Crippen LogP contribution in [0.3, 0.4) is 0 Å². The smallest absolute Gasteiger partial charge is 0.251 e. The summed E-state index contributed by atoms with van der Waals surface area (Å²) < 4.78 is 0. The quantitative estimate of drug-likeness (QED) is 0.522. The molecule has 1 saturated heterocycles. The van der Waals surface area contributed by atoms with Crippen LogP contribution >= 0.6 is 0 Å². The Hall–Kier alpha value is -3.39. The molecule has 0 bridgehead atoms. The third-order valence-electron chi connectivity index (χ3n) is 8.23. The molecule has 0 spiro atoms. The molecule has 2 aliphatic carbocycles. The minimum Gasteiger partial charge on any atom is -0.366 e. The van der Waals surface area contributed by atoms with Gasteiger partial charge in [-0.3, -0.25) is 14.4 Å². The van der Waals surface area contributed by atoms with Crippen LogP contribution in [0.1, 0.15) is 60.9 Å². The number of nitrogens with one attached hydrogen (secondary N) is 2. The number of nitrogens with two attached hydrogens (primary N) is 1. The molecule has 3 fully saturated rings. The van der Waals surface area contributed by atoms with Crippen LogP contribution in [0.5, 0.6) is 0 Å². The van der Waals surface area contributed by atoms with Gasteiger partial charge in [-0.1, -0.05) is 36.8 Å². The van der Waals surface area contributed by atoms with E-state index in [-0.39, 0.29) is 42.1 Å². The number of hydrogen-bond donors (Lipinski definition) is 3. The number of piperazine rings is 1. The molecular weight excluding hydrogens is 478 g/mol. The van der Waals surface area contributed by atoms with E-state index in [1.54, 1.807) is 6.07 Å². The first kappa shape index (κ1) is 26.2. The molecule has 4 N–H and O–H groups in total. The molecule has 3 aliphatic rings. The molecule has 1 aliphatic heterocycles. The van der Waals surface area contributed by atoms with E-state index in [1.165, 1.54) is 0 Å². The second-order valence-corrected chi connectivity index (χ2v) is 11.0. The molecule has 8 heteroatoms. The van der Waals surface area contributed by atoms with Crippen LogP contribution in [0.25, 0.3) is 0 Å². The largest absolute Gasteiger partial charge is 0.366 e. The highest BCUT2D eigenvalue weighted by molar-refractivity contribution is 6.00. The zero-order valence-corrected chi connectivity index (χ0v) is 22.0. The Morgan fingerprint density at radius 2 is 1.58 bits per heavy atom. The zero-order chi connectivity index (χ0) is 26.5. The van der Waals surface area contributed by atoms with E-state index >= 15 is 0 Å². The molecule has 2 aromatic carbocycles. The number of amides is 3. The number of hydrogen-bond acceptors (Lipinski definition) is 5. The predicted molar refractivity (Wildman–Crippen MR) is 149 cm³/mol. The first-order valence-electron chi connectivity index (χ1n) is 14.0. The molecule has 38 heavy (non-hydrogen) atoms. The maximum Gasteiger partial charge on any atom is 0.251 e. The molecule has 0 atom stereocenters. The summed E-state index contributed by atoms with van der Waals surface area (Å²) in [7, 11) is 0. The van der Waals surface area contributed by atoms with Gasteiger partial charge in [0.1, 0.15) is 0 Å². The van der Waals surface area contributed by atoms with Crippen molar-refractivity contribution in [1.82, 2.24) is 10.2 Å². The standard InChI is InChI=1S/C30H39N5O3/c31-24-10-12-25(13-11-24)32-29(37)23-9-14-27(26(20-23)33-28(36)19-21-5-2-1-3-6-21)34-15-17-35(18-16-34)30(38)22-7-4-8-22/h1-3,5-6,9,14,20,22,24-25H,4,7-8,10-13,15-19,31H2,(H,32,37)(H,33,36). The van der Waals surface area contributed by atoms with Crippen LogP contribution in [0.15, 0.2) is 48.5 Å². The Balaban J connectivity index is 1.30. The number of carbonyl (C=O) groups excluding carboxylic acids is 3. The van der Waals surface area contributed by atoms with Crippen LogP contribution < -0.4 is 21.3 Å². The third kappa shape index (κ3) is 6.35. The fourth-order valence-electron chi connectivity index (χ4n) is 5.64. The highest BCUT2D eigenvalue weighted by Gasteiger charge is 2.32. The number of benzene rings is 2. The average Bonchev–Trinajstić information content (AvgIpc) is 2.89. The Kier molecular flexibility index (Phi) is 8.27. The lowest BCUT2D eigenvalue weighted by Crippen LogP contribution is -2.51. The van der Waals surface area contributed by atoms with Gasteiger partial charge in [-0.05, 0) is 62.3 Å². The van der Waals surface area contributed by atoms with Crippen LogP contribution in [-0.2, 0) is 16.0 Å². The van der Waals surface area contributed by atoms with Crippen molar-refractivity contribution in [3.63, 3.8) is 0 Å². The lowest BCUT2D eigenvalue weighted by atomic mass is 9.84. The molecule has 3 amide bonds. The summed E-state index contributed by atoms with van der Waals surface area (Å²) in [6.07, 6.45) is 7.02. The van der Waals surface area contributed by atoms with Gasteiger partial charge >= 0.3 is 0 Å². The molecule has 0 unspecified atom stereocenters. The summed E-state index contributed by atoms with van der Waals surface area (Å²) in [5, 5.41) is 6.22. The minimum atomic E-state index is -0.133. The number of rotatable bonds is 7. The van der Waals surface area contributed by atoms with Crippen molar-refractivity contribution in [2.24, 2.45) is 11.7 Å². The van der Waals surface area contributed by atoms with Gasteiger partial charge in [-0.25, -0.2) is 0 Å². The van der Waals surface area contributed by atoms with Crippen LogP contribution in [0.2, 0.25) is 0 Å². The van der Waals surface area contributed by atoms with Gasteiger partial charge in [-0.15, -0.1) is 0 Å². The first-order valence-corrected chi connectivity index (χ1v) is 14.0. The first-order chi connectivity index (χ1) is 18.5. The fraction of sp³-hybridized carbons (Fsp3) is 0.500. The van der Waals surface area contributed by atoms with Gasteiger partial charge < -0.3 is 26.2 Å². The number of nitrogens with zero attached hydrogens (tertiary/aromatic N) is 2. The summed E-state index contributed by atoms with van der Waals surface area (Å²) in [4.78, 5) is 43.0. The normalized spacial score (nSPS) is 21.9. The maximum absolute atomic E-state index is 13.1. The van der Waals surface area contributed by atoms with Gasteiger partial charge in [0.2, 0.25) is 11.8 Å². The van der Waals surface area contributed by atoms with E-state index < -0.39 is 0 Å². The summed E-state index contributed by atoms with van der Waals surface area (Å²) in [6.45, 7) is 2.71. The second kappa shape index (κ2) is 12.0. The molecular formula is C30H39N5O3. The topological polar surface area (TPSA) is 108 Å². The van der Waals surface area contributed by atoms with Gasteiger partial charge in [-0.2, -0.15) is 0 Å². The van der Waals surface area contributed by atoms with E-state index in [4.69, 9.17) is 5.73 Å². The average molecular weight is 518 g/mol. The molecule has 2 aromatic rings. The third-order valence-corrected chi connectivity index (χ3v) is 8.23. The van der Waals surface area contributed by atoms with Crippen LogP contribution in [-0.4, -0.2) is 60.9 Å². The Morgan fingerprint density at radius 1 is 0.868 bits per heavy atom. The van der Waals surface area contributed by atoms with Crippen LogP contribution in [0.4, 0.5) is 11.4 Å². The zero-order valence-electron chi connectivity index (χ0n) is 22.0. The van der Waals surface area contributed by atoms with Gasteiger partial charge in [0.15, 0.2) is 0 Å². The molecule has 1 heterocycles. The van der Waals surface area contributed by atoms with Crippen molar-refractivity contribution in [1.29, 1.82) is 0 Å². The van der Waals surface area contributed by atoms with E-state index in [1.807, 2.05) is 47.4 Å². The molecule has 5 rings (SSSR count). The molecule has 8 nitrogen and oxygen atoms in total. The highest BCUT2D eigenvalue weighted by atomic mass is 16.2. The molecule has 202 valence electrons. The minimum absolute atomic E-state index is 0.124. The Bertz CT molecular complexity index is 1130. The molecule has 0 aromatic heterocycles. The summed E-state index contributed by atoms with van der Waals surface area (Å²) in [6, 6.07) is 15.5. The summed E-state index contributed by atoms with van der Waals surface area (Å²) >= 11 is 0. The van der Waals surface area contributed by atoms with E-state index in [0.717, 1.165) is 56.2 Å². The van der Waals surface area contributed by atoms with Crippen molar-refractivity contribution in [2.75, 3.05) is 36.4 Å². The van der Waals surface area contributed by atoms with Crippen molar-refractivity contribution >= 4 is 29.1 Å². The molecule has 2 saturated carbocycles. The maximum atomic E-state index is 13.1. The van der Waals surface area contributed by atoms with Gasteiger partial charge in [0.05, 0.1) is 17.8 Å². The fourth-order valence-corrected chi connectivity index (χ4v) is 5.64. The Labute approximate surface area is 224 Å². The lowest BCUT2D eigenvalue weighted by Gasteiger charge is -2.39. The Morgan fingerprint density at radius 3 is 2.24 bits per heavy atom. The van der Waals surface area contributed by atoms with E-state index in [2.05, 4.69) is 15.5 Å². The highest BCUT2D eigenvalue weighted by Crippen LogP contribution is 2.31.